The average Bonchev–Trinajstić information content (AvgIpc) is 2.93. The minimum atomic E-state index is -3.83. The zero-order chi connectivity index (χ0) is 29.3. The van der Waals surface area contributed by atoms with Crippen molar-refractivity contribution in [2.24, 2.45) is 0 Å². The summed E-state index contributed by atoms with van der Waals surface area (Å²) in [6, 6.07) is 9.64. The maximum Gasteiger partial charge on any atom is 0.271 e. The number of nitrogens with one attached hydrogen (secondary N) is 1. The molecule has 2 aromatic rings. The molecule has 0 atom stereocenters. The predicted molar refractivity (Wildman–Crippen MR) is 146 cm³/mol. The summed E-state index contributed by atoms with van der Waals surface area (Å²) in [5.41, 5.74) is -0.285. The largest absolute Gasteiger partial charge is 0.495 e. The molecule has 1 fully saturated rings. The van der Waals surface area contributed by atoms with Crippen LogP contribution in [0.1, 0.15) is 12.8 Å². The van der Waals surface area contributed by atoms with Crippen molar-refractivity contribution in [3.8, 4) is 11.5 Å². The summed E-state index contributed by atoms with van der Waals surface area (Å²) in [5.74, 6) is 0.240. The normalized spacial score (nSPS) is 14.3. The highest BCUT2D eigenvalue weighted by Crippen LogP contribution is 2.34. The fourth-order valence-electron chi connectivity index (χ4n) is 3.93. The first-order chi connectivity index (χ1) is 18.9. The maximum atomic E-state index is 12.7. The van der Waals surface area contributed by atoms with E-state index in [1.807, 2.05) is 0 Å². The molecule has 0 bridgehead atoms. The number of nitro benzene ring substituents is 1. The van der Waals surface area contributed by atoms with Crippen LogP contribution < -0.4 is 19.1 Å². The summed E-state index contributed by atoms with van der Waals surface area (Å²) < 4.78 is 68.5. The van der Waals surface area contributed by atoms with Crippen LogP contribution in [0, 0.1) is 10.1 Å². The highest BCUT2D eigenvalue weighted by molar-refractivity contribution is 7.92. The number of benzene rings is 2. The number of amides is 1. The average molecular weight is 601 g/mol. The van der Waals surface area contributed by atoms with E-state index in [2.05, 4.69) is 5.32 Å². The van der Waals surface area contributed by atoms with Crippen LogP contribution in [-0.4, -0.2) is 91.3 Å². The lowest BCUT2D eigenvalue weighted by Gasteiger charge is -2.26. The molecular formula is C24H32N4O10S2. The van der Waals surface area contributed by atoms with E-state index in [9.17, 15) is 31.7 Å². The van der Waals surface area contributed by atoms with E-state index in [-0.39, 0.29) is 60.5 Å². The van der Waals surface area contributed by atoms with Gasteiger partial charge in [-0.3, -0.25) is 19.2 Å². The topological polar surface area (TPSA) is 175 Å². The number of carbonyl (C=O) groups excluding carboxylic acids is 1. The fourth-order valence-corrected chi connectivity index (χ4v) is 6.30. The van der Waals surface area contributed by atoms with Crippen LogP contribution in [0.4, 0.5) is 11.4 Å². The van der Waals surface area contributed by atoms with Gasteiger partial charge in [0.1, 0.15) is 23.8 Å². The molecule has 1 aliphatic heterocycles. The van der Waals surface area contributed by atoms with Crippen molar-refractivity contribution in [1.29, 1.82) is 0 Å². The Morgan fingerprint density at radius 3 is 2.40 bits per heavy atom. The Hall–Kier alpha value is -3.47. The van der Waals surface area contributed by atoms with E-state index in [1.165, 1.54) is 47.8 Å². The molecule has 1 saturated heterocycles. The minimum absolute atomic E-state index is 0.00262. The van der Waals surface area contributed by atoms with Crippen LogP contribution in [0.2, 0.25) is 0 Å². The summed E-state index contributed by atoms with van der Waals surface area (Å²) in [5, 5.41) is 13.8. The molecule has 1 N–H and O–H groups in total. The number of morpholine rings is 1. The van der Waals surface area contributed by atoms with Gasteiger partial charge in [-0.25, -0.2) is 16.8 Å². The van der Waals surface area contributed by atoms with Crippen LogP contribution in [0.15, 0.2) is 47.4 Å². The van der Waals surface area contributed by atoms with E-state index in [0.29, 0.717) is 32.1 Å². The third-order valence-electron chi connectivity index (χ3n) is 5.93. The molecule has 0 spiro atoms. The molecular weight excluding hydrogens is 568 g/mol. The van der Waals surface area contributed by atoms with E-state index < -0.39 is 25.0 Å². The Kier molecular flexibility index (Phi) is 10.7. The Morgan fingerprint density at radius 1 is 1.12 bits per heavy atom. The molecule has 0 unspecified atom stereocenters. The number of sulfonamides is 2. The van der Waals surface area contributed by atoms with Gasteiger partial charge in [-0.1, -0.05) is 0 Å². The molecule has 1 aliphatic rings. The van der Waals surface area contributed by atoms with Crippen molar-refractivity contribution < 1.29 is 40.8 Å². The molecule has 14 nitrogen and oxygen atoms in total. The van der Waals surface area contributed by atoms with Crippen molar-refractivity contribution in [3.05, 3.63) is 52.6 Å². The quantitative estimate of drug-likeness (QED) is 0.189. The number of rotatable bonds is 14. The smallest absolute Gasteiger partial charge is 0.271 e. The number of nitro groups is 1. The third kappa shape index (κ3) is 8.27. The number of nitrogens with zero attached hydrogens (tertiary/aromatic N) is 3. The van der Waals surface area contributed by atoms with E-state index >= 15 is 0 Å². The van der Waals surface area contributed by atoms with Gasteiger partial charge in [0.2, 0.25) is 26.0 Å². The summed E-state index contributed by atoms with van der Waals surface area (Å²) in [4.78, 5) is 22.9. The molecule has 0 aliphatic carbocycles. The molecule has 40 heavy (non-hydrogen) atoms. The third-order valence-corrected chi connectivity index (χ3v) is 9.02. The lowest BCUT2D eigenvalue weighted by molar-refractivity contribution is -0.384. The zero-order valence-electron chi connectivity index (χ0n) is 22.1. The van der Waals surface area contributed by atoms with Gasteiger partial charge in [-0.15, -0.1) is 0 Å². The first-order valence-electron chi connectivity index (χ1n) is 12.3. The number of non-ortho nitro benzene ring substituents is 1. The summed E-state index contributed by atoms with van der Waals surface area (Å²) in [7, 11) is -6.11. The summed E-state index contributed by atoms with van der Waals surface area (Å²) >= 11 is 0. The Bertz CT molecular complexity index is 1390. The first-order valence-corrected chi connectivity index (χ1v) is 15.6. The maximum absolute atomic E-state index is 12.7. The van der Waals surface area contributed by atoms with Gasteiger partial charge in [0.15, 0.2) is 0 Å². The Labute approximate surface area is 233 Å². The Balaban J connectivity index is 1.46. The molecule has 16 heteroatoms. The molecule has 0 saturated carbocycles. The SMILES string of the molecule is COc1ccc([N+](=O)[O-])cc1N(CCCC(=O)NCCOc1ccc(S(=O)(=O)N2CCOCC2)cc1)S(C)(=O)=O. The molecule has 2 aromatic carbocycles. The van der Waals surface area contributed by atoms with Crippen molar-refractivity contribution in [1.82, 2.24) is 9.62 Å². The van der Waals surface area contributed by atoms with Gasteiger partial charge in [-0.2, -0.15) is 4.31 Å². The molecule has 0 radical (unpaired) electrons. The minimum Gasteiger partial charge on any atom is -0.495 e. The van der Waals surface area contributed by atoms with Crippen molar-refractivity contribution in [2.75, 3.05) is 63.7 Å². The van der Waals surface area contributed by atoms with Gasteiger partial charge in [0.25, 0.3) is 5.69 Å². The van der Waals surface area contributed by atoms with E-state index in [0.717, 1.165) is 16.6 Å². The van der Waals surface area contributed by atoms with Gasteiger partial charge >= 0.3 is 0 Å². The Morgan fingerprint density at radius 2 is 1.80 bits per heavy atom. The second-order valence-electron chi connectivity index (χ2n) is 8.74. The standard InChI is InChI=1S/C24H32N4O10S2/c1-36-23-10-5-19(28(30)31)18-22(23)27(39(2,32)33)12-3-4-24(29)25-11-15-38-20-6-8-21(9-7-20)40(34,35)26-13-16-37-17-14-26/h5-10,18H,3-4,11-17H2,1-2H3,(H,25,29). The van der Waals surface area contributed by atoms with Crippen LogP contribution in [-0.2, 0) is 29.6 Å². The molecule has 0 aromatic heterocycles. The van der Waals surface area contributed by atoms with Gasteiger partial charge in [0, 0.05) is 38.2 Å². The lowest BCUT2D eigenvalue weighted by Crippen LogP contribution is -2.40. The van der Waals surface area contributed by atoms with Crippen LogP contribution in [0.5, 0.6) is 11.5 Å². The monoisotopic (exact) mass is 600 g/mol. The lowest BCUT2D eigenvalue weighted by atomic mass is 10.2. The van der Waals surface area contributed by atoms with Crippen LogP contribution >= 0.6 is 0 Å². The van der Waals surface area contributed by atoms with E-state index in [1.54, 1.807) is 0 Å². The number of carbonyl (C=O) groups is 1. The van der Waals surface area contributed by atoms with Gasteiger partial charge in [0.05, 0.1) is 42.9 Å². The van der Waals surface area contributed by atoms with Crippen LogP contribution in [0.3, 0.4) is 0 Å². The van der Waals surface area contributed by atoms with Crippen LogP contribution in [0.25, 0.3) is 0 Å². The fraction of sp³-hybridized carbons (Fsp3) is 0.458. The van der Waals surface area contributed by atoms with Gasteiger partial charge in [-0.05, 0) is 36.8 Å². The van der Waals surface area contributed by atoms with Gasteiger partial charge < -0.3 is 19.5 Å². The second-order valence-corrected chi connectivity index (χ2v) is 12.6. The predicted octanol–water partition coefficient (Wildman–Crippen LogP) is 1.37. The number of methoxy groups -OCH3 is 1. The second kappa shape index (κ2) is 13.7. The summed E-state index contributed by atoms with van der Waals surface area (Å²) in [6.45, 7) is 1.51. The van der Waals surface area contributed by atoms with Crippen molar-refractivity contribution >= 4 is 37.3 Å². The molecule has 3 rings (SSSR count). The highest BCUT2D eigenvalue weighted by Gasteiger charge is 2.26. The number of hydrogen-bond acceptors (Lipinski definition) is 10. The van der Waals surface area contributed by atoms with E-state index in [4.69, 9.17) is 14.2 Å². The molecule has 1 amide bonds. The van der Waals surface area contributed by atoms with Crippen molar-refractivity contribution in [3.63, 3.8) is 0 Å². The number of anilines is 1. The first kappa shape index (κ1) is 31.1. The number of hydrogen-bond donors (Lipinski definition) is 1. The highest BCUT2D eigenvalue weighted by atomic mass is 32.2. The number of ether oxygens (including phenoxy) is 3. The molecule has 220 valence electrons. The zero-order valence-corrected chi connectivity index (χ0v) is 23.8. The van der Waals surface area contributed by atoms with Crippen molar-refractivity contribution in [2.45, 2.75) is 17.7 Å². The molecule has 1 heterocycles. The summed E-state index contributed by atoms with van der Waals surface area (Å²) in [6.07, 6.45) is 1.11.